The zero-order valence-corrected chi connectivity index (χ0v) is 12.4. The number of rotatable bonds is 6. The highest BCUT2D eigenvalue weighted by molar-refractivity contribution is 6.21. The molecule has 4 heteroatoms. The summed E-state index contributed by atoms with van der Waals surface area (Å²) in [4.78, 5) is 0. The molecule has 0 radical (unpaired) electrons. The van der Waals surface area contributed by atoms with Gasteiger partial charge in [-0.05, 0) is 31.0 Å². The second-order valence-corrected chi connectivity index (χ2v) is 5.49. The zero-order valence-electron chi connectivity index (χ0n) is 11.7. The molecule has 1 aromatic rings. The van der Waals surface area contributed by atoms with Gasteiger partial charge in [-0.25, -0.2) is 0 Å². The highest BCUT2D eigenvalue weighted by Crippen LogP contribution is 2.34. The Morgan fingerprint density at radius 1 is 1.26 bits per heavy atom. The Kier molecular flexibility index (Phi) is 5.08. The van der Waals surface area contributed by atoms with Crippen LogP contribution in [0.2, 0.25) is 0 Å². The van der Waals surface area contributed by atoms with Gasteiger partial charge in [-0.1, -0.05) is 12.1 Å². The van der Waals surface area contributed by atoms with Crippen molar-refractivity contribution < 1.29 is 14.2 Å². The number of halogens is 1. The molecule has 0 amide bonds. The van der Waals surface area contributed by atoms with E-state index in [0.717, 1.165) is 12.2 Å². The highest BCUT2D eigenvalue weighted by atomic mass is 35.5. The lowest BCUT2D eigenvalue weighted by molar-refractivity contribution is -0.0900. The van der Waals surface area contributed by atoms with Gasteiger partial charge in [0.15, 0.2) is 0 Å². The molecule has 0 bridgehead atoms. The molecule has 1 aromatic carbocycles. The molecular weight excluding hydrogens is 264 g/mol. The van der Waals surface area contributed by atoms with Crippen LogP contribution < -0.4 is 4.74 Å². The fourth-order valence-corrected chi connectivity index (χ4v) is 2.55. The Morgan fingerprint density at radius 3 is 2.74 bits per heavy atom. The molecule has 0 spiro atoms. The maximum Gasteiger partial charge on any atom is 0.128 e. The summed E-state index contributed by atoms with van der Waals surface area (Å²) in [6, 6.07) is 6.09. The van der Waals surface area contributed by atoms with Gasteiger partial charge in [0.05, 0.1) is 18.6 Å². The Labute approximate surface area is 119 Å². The molecule has 0 aliphatic heterocycles. The van der Waals surface area contributed by atoms with E-state index >= 15 is 0 Å². The van der Waals surface area contributed by atoms with Gasteiger partial charge < -0.3 is 14.2 Å². The molecule has 0 aromatic heterocycles. The van der Waals surface area contributed by atoms with Crippen molar-refractivity contribution in [3.05, 3.63) is 29.3 Å². The normalized spacial score (nSPS) is 26.0. The molecule has 106 valence electrons. The van der Waals surface area contributed by atoms with E-state index in [1.54, 1.807) is 7.11 Å². The number of ether oxygens (including phenoxy) is 3. The molecule has 19 heavy (non-hydrogen) atoms. The lowest BCUT2D eigenvalue weighted by Crippen LogP contribution is -2.53. The van der Waals surface area contributed by atoms with Crippen LogP contribution in [0.25, 0.3) is 0 Å². The molecule has 0 heterocycles. The van der Waals surface area contributed by atoms with Crippen LogP contribution in [-0.2, 0) is 9.47 Å². The summed E-state index contributed by atoms with van der Waals surface area (Å²) in [5, 5.41) is 0.0342. The van der Waals surface area contributed by atoms with Gasteiger partial charge in [-0.3, -0.25) is 0 Å². The van der Waals surface area contributed by atoms with Crippen molar-refractivity contribution in [2.75, 3.05) is 20.3 Å². The van der Waals surface area contributed by atoms with Gasteiger partial charge in [0.25, 0.3) is 0 Å². The maximum absolute atomic E-state index is 6.18. The van der Waals surface area contributed by atoms with Gasteiger partial charge in [0, 0.05) is 13.5 Å². The monoisotopic (exact) mass is 284 g/mol. The second-order valence-electron chi connectivity index (χ2n) is 4.93. The van der Waals surface area contributed by atoms with Crippen molar-refractivity contribution in [3.8, 4) is 5.75 Å². The summed E-state index contributed by atoms with van der Waals surface area (Å²) in [7, 11) is 1.66. The number of methoxy groups -OCH3 is 1. The predicted octanol–water partition coefficient (Wildman–Crippen LogP) is 3.09. The fraction of sp³-hybridized carbons (Fsp3) is 0.600. The second kappa shape index (κ2) is 6.60. The Hall–Kier alpha value is -0.770. The van der Waals surface area contributed by atoms with Crippen LogP contribution in [0.5, 0.6) is 5.75 Å². The number of benzene rings is 1. The molecule has 0 saturated heterocycles. The molecule has 3 unspecified atom stereocenters. The van der Waals surface area contributed by atoms with Crippen molar-refractivity contribution in [1.82, 2.24) is 0 Å². The van der Waals surface area contributed by atoms with Crippen LogP contribution >= 0.6 is 11.6 Å². The summed E-state index contributed by atoms with van der Waals surface area (Å²) >= 11 is 6.18. The first-order valence-electron chi connectivity index (χ1n) is 6.61. The molecule has 1 saturated carbocycles. The van der Waals surface area contributed by atoms with E-state index < -0.39 is 0 Å². The standard InChI is InChI=1S/C15H21ClO3/c1-10-5-4-6-13(11(10)2)19-14-9-12(16)15(14)18-8-7-17-3/h4-6,12,14-15H,7-9H2,1-3H3. The Bertz CT molecular complexity index is 422. The van der Waals surface area contributed by atoms with Crippen molar-refractivity contribution in [3.63, 3.8) is 0 Å². The number of hydrogen-bond donors (Lipinski definition) is 0. The van der Waals surface area contributed by atoms with E-state index in [2.05, 4.69) is 19.9 Å². The summed E-state index contributed by atoms with van der Waals surface area (Å²) < 4.78 is 16.7. The first kappa shape index (κ1) is 14.6. The van der Waals surface area contributed by atoms with Crippen molar-refractivity contribution in [2.45, 2.75) is 37.9 Å². The zero-order chi connectivity index (χ0) is 13.8. The van der Waals surface area contributed by atoms with E-state index in [1.807, 2.05) is 12.1 Å². The predicted molar refractivity (Wildman–Crippen MR) is 76.2 cm³/mol. The molecule has 2 rings (SSSR count). The maximum atomic E-state index is 6.18. The van der Waals surface area contributed by atoms with Gasteiger partial charge in [-0.2, -0.15) is 0 Å². The van der Waals surface area contributed by atoms with E-state index in [1.165, 1.54) is 11.1 Å². The van der Waals surface area contributed by atoms with Crippen LogP contribution in [-0.4, -0.2) is 37.9 Å². The van der Waals surface area contributed by atoms with Crippen LogP contribution in [0.15, 0.2) is 18.2 Å². The van der Waals surface area contributed by atoms with Crippen LogP contribution in [0.3, 0.4) is 0 Å². The first-order chi connectivity index (χ1) is 9.13. The third-order valence-electron chi connectivity index (χ3n) is 3.61. The van der Waals surface area contributed by atoms with Crippen LogP contribution in [0, 0.1) is 13.8 Å². The van der Waals surface area contributed by atoms with E-state index in [9.17, 15) is 0 Å². The van der Waals surface area contributed by atoms with E-state index in [-0.39, 0.29) is 17.6 Å². The topological polar surface area (TPSA) is 27.7 Å². The lowest BCUT2D eigenvalue weighted by Gasteiger charge is -2.40. The van der Waals surface area contributed by atoms with Gasteiger partial charge in [0.1, 0.15) is 18.0 Å². The molecule has 1 aliphatic rings. The molecule has 3 nitrogen and oxygen atoms in total. The first-order valence-corrected chi connectivity index (χ1v) is 7.04. The van der Waals surface area contributed by atoms with E-state index in [0.29, 0.717) is 13.2 Å². The largest absolute Gasteiger partial charge is 0.487 e. The average Bonchev–Trinajstić information content (AvgIpc) is 2.39. The number of aryl methyl sites for hydroxylation is 1. The van der Waals surface area contributed by atoms with Crippen LogP contribution in [0.4, 0.5) is 0 Å². The molecule has 1 aliphatic carbocycles. The lowest BCUT2D eigenvalue weighted by atomic mass is 9.90. The minimum absolute atomic E-state index is 0.0342. The van der Waals surface area contributed by atoms with Crippen molar-refractivity contribution in [2.24, 2.45) is 0 Å². The minimum atomic E-state index is -0.0447. The Balaban J connectivity index is 1.93. The van der Waals surface area contributed by atoms with Gasteiger partial charge in [-0.15, -0.1) is 11.6 Å². The molecule has 3 atom stereocenters. The minimum Gasteiger partial charge on any atom is -0.487 e. The van der Waals surface area contributed by atoms with Gasteiger partial charge >= 0.3 is 0 Å². The average molecular weight is 285 g/mol. The van der Waals surface area contributed by atoms with E-state index in [4.69, 9.17) is 25.8 Å². The Morgan fingerprint density at radius 2 is 2.05 bits per heavy atom. The highest BCUT2D eigenvalue weighted by Gasteiger charge is 2.43. The summed E-state index contributed by atoms with van der Waals surface area (Å²) in [5.41, 5.74) is 2.41. The third kappa shape index (κ3) is 3.41. The van der Waals surface area contributed by atoms with Crippen molar-refractivity contribution in [1.29, 1.82) is 0 Å². The molecule has 0 N–H and O–H groups in total. The van der Waals surface area contributed by atoms with Gasteiger partial charge in [0.2, 0.25) is 0 Å². The summed E-state index contributed by atoms with van der Waals surface area (Å²) in [5.74, 6) is 0.925. The number of alkyl halides is 1. The van der Waals surface area contributed by atoms with Crippen LogP contribution in [0.1, 0.15) is 17.5 Å². The molecular formula is C15H21ClO3. The third-order valence-corrected chi connectivity index (χ3v) is 4.04. The number of hydrogen-bond acceptors (Lipinski definition) is 3. The quantitative estimate of drug-likeness (QED) is 0.593. The summed E-state index contributed by atoms with van der Waals surface area (Å²) in [6.07, 6.45) is 0.823. The molecule has 1 fully saturated rings. The smallest absolute Gasteiger partial charge is 0.128 e. The SMILES string of the molecule is COCCOC1C(Cl)CC1Oc1cccc(C)c1C. The summed E-state index contributed by atoms with van der Waals surface area (Å²) in [6.45, 7) is 5.29. The fourth-order valence-electron chi connectivity index (χ4n) is 2.14. The van der Waals surface area contributed by atoms with Crippen molar-refractivity contribution >= 4 is 11.6 Å².